The molecule has 0 saturated heterocycles. The zero-order valence-corrected chi connectivity index (χ0v) is 19.1. The third kappa shape index (κ3) is 26600. The molecule has 0 fully saturated rings. The Morgan fingerprint density at radius 1 is 0.409 bits per heavy atom. The fourth-order valence-electron chi connectivity index (χ4n) is 0. The van der Waals surface area contributed by atoms with E-state index in [2.05, 4.69) is 0 Å². The minimum Gasteiger partial charge on any atom is -0.444 e. The molecular formula is CoKN6Na2O12. The van der Waals surface area contributed by atoms with E-state index < -0.39 is 0 Å². The molecule has 114 valence electrons. The van der Waals surface area contributed by atoms with Gasteiger partial charge in [-0.25, -0.2) is 0 Å². The summed E-state index contributed by atoms with van der Waals surface area (Å²) >= 11 is 0. The molecule has 22 heteroatoms. The first kappa shape index (κ1) is 66.5. The first-order valence-corrected chi connectivity index (χ1v) is 2.19. The minimum atomic E-state index is 0. The summed E-state index contributed by atoms with van der Waals surface area (Å²) in [6.07, 6.45) is 0. The molecule has 0 amide bonds. The zero-order valence-electron chi connectivity index (χ0n) is 10.9. The van der Waals surface area contributed by atoms with Crippen molar-refractivity contribution in [2.75, 3.05) is 0 Å². The van der Waals surface area contributed by atoms with E-state index in [-0.39, 0.29) is 127 Å². The predicted octanol–water partition coefficient (Wildman–Crippen LogP) is -7.49. The Morgan fingerprint density at radius 2 is 0.409 bits per heavy atom. The van der Waals surface area contributed by atoms with Gasteiger partial charge in [0.15, 0.2) is 0 Å². The average molecular weight is 420 g/mol. The van der Waals surface area contributed by atoms with Gasteiger partial charge in [0, 0.05) is 0 Å². The van der Waals surface area contributed by atoms with Crippen LogP contribution in [-0.4, -0.2) is 0 Å². The molecule has 0 aliphatic heterocycles. The molecule has 0 bridgehead atoms. The number of hydrogen-bond acceptors (Lipinski definition) is 18. The van der Waals surface area contributed by atoms with Gasteiger partial charge in [0.05, 0.1) is 0 Å². The van der Waals surface area contributed by atoms with E-state index in [1.165, 1.54) is 0 Å². The van der Waals surface area contributed by atoms with Crippen LogP contribution in [-0.2, 0) is 16.8 Å². The van der Waals surface area contributed by atoms with Crippen molar-refractivity contribution < 1.29 is 127 Å². The summed E-state index contributed by atoms with van der Waals surface area (Å²) in [5, 5.41) is 54.0. The molecule has 18 nitrogen and oxygen atoms in total. The Balaban J connectivity index is -0.00000000947. The second-order valence-electron chi connectivity index (χ2n) is 0.447. The molecule has 0 rings (SSSR count). The topological polar surface area (TPSA) is 315 Å². The second kappa shape index (κ2) is 212. The molecule has 0 atom stereocenters. The van der Waals surface area contributed by atoms with Gasteiger partial charge < -0.3 is 60.7 Å². The Bertz CT molecular complexity index is 129. The maximum absolute atomic E-state index is 8.00. The van der Waals surface area contributed by atoms with Crippen LogP contribution >= 0.6 is 0 Å². The van der Waals surface area contributed by atoms with Gasteiger partial charge in [0.25, 0.3) is 0 Å². The van der Waals surface area contributed by atoms with E-state index in [9.17, 15) is 0 Å². The molecule has 0 radical (unpaired) electrons. The normalized spacial score (nSPS) is 3.27. The van der Waals surface area contributed by atoms with Crippen molar-refractivity contribution in [3.63, 3.8) is 0 Å². The summed E-state index contributed by atoms with van der Waals surface area (Å²) in [6, 6.07) is 0. The zero-order chi connectivity index (χ0) is 16.2. The first-order valence-electron chi connectivity index (χ1n) is 2.19. The molecule has 0 saturated carbocycles. The van der Waals surface area contributed by atoms with E-state index >= 15 is 0 Å². The Kier molecular flexibility index (Phi) is 642. The van der Waals surface area contributed by atoms with Gasteiger partial charge in [-0.1, -0.05) is 0 Å². The number of hydrogen-bond donors (Lipinski definition) is 0. The van der Waals surface area contributed by atoms with Gasteiger partial charge in [0.2, 0.25) is 0 Å². The molecular weight excluding hydrogens is 420 g/mol. The van der Waals surface area contributed by atoms with Gasteiger partial charge in [-0.05, 0) is 0 Å². The van der Waals surface area contributed by atoms with Crippen LogP contribution in [0.3, 0.4) is 0 Å². The van der Waals surface area contributed by atoms with E-state index in [1.54, 1.807) is 0 Å². The summed E-state index contributed by atoms with van der Waals surface area (Å²) in [7, 11) is 0. The number of rotatable bonds is 0. The SMILES string of the molecule is O=N[O-].O=N[O-].O=N[O-].O=N[O-].O=N[O-].O=N[O-].[Co+3].[K+].[Na+].[Na+]. The maximum Gasteiger partial charge on any atom is 3.00 e. The summed E-state index contributed by atoms with van der Waals surface area (Å²) in [4.78, 5) is 48.0. The molecule has 0 heterocycles. The van der Waals surface area contributed by atoms with Crippen molar-refractivity contribution in [1.29, 1.82) is 0 Å². The van der Waals surface area contributed by atoms with Crippen LogP contribution in [0.25, 0.3) is 0 Å². The van der Waals surface area contributed by atoms with Gasteiger partial charge in [-0.3, -0.25) is 0 Å². The largest absolute Gasteiger partial charge is 3.00 e. The first-order chi connectivity index (χ1) is 8.49. The van der Waals surface area contributed by atoms with Crippen LogP contribution in [0.2, 0.25) is 0 Å². The fraction of sp³-hybridized carbons (Fsp3) is 0. The van der Waals surface area contributed by atoms with Crippen molar-refractivity contribution in [2.45, 2.75) is 0 Å². The van der Waals surface area contributed by atoms with Crippen molar-refractivity contribution >= 4 is 0 Å². The van der Waals surface area contributed by atoms with Crippen LogP contribution in [0.1, 0.15) is 0 Å². The van der Waals surface area contributed by atoms with Crippen molar-refractivity contribution in [3.05, 3.63) is 60.7 Å². The van der Waals surface area contributed by atoms with E-state index in [0.717, 1.165) is 32.0 Å². The van der Waals surface area contributed by atoms with Crippen LogP contribution in [0.15, 0.2) is 32.0 Å². The van der Waals surface area contributed by atoms with Crippen molar-refractivity contribution in [3.8, 4) is 0 Å². The van der Waals surface area contributed by atoms with Crippen molar-refractivity contribution in [2.24, 2.45) is 32.0 Å². The van der Waals surface area contributed by atoms with Crippen LogP contribution < -0.4 is 110 Å². The number of nitrogens with zero attached hydrogens (tertiary/aromatic N) is 6. The standard InChI is InChI=1S/Co.K.6HNO2.2Na/c;;6*2-1-3;;/h;;6*(H,2,3);;/q+3;+1;;;;;;;2*+1/p-6. The maximum atomic E-state index is 8.00. The monoisotopic (exact) mass is 420 g/mol. The molecule has 0 aromatic heterocycles. The molecule has 0 aliphatic carbocycles. The Morgan fingerprint density at radius 3 is 0.409 bits per heavy atom. The van der Waals surface area contributed by atoms with Gasteiger partial charge in [0.1, 0.15) is 0 Å². The third-order valence-electron chi connectivity index (χ3n) is 0. The van der Waals surface area contributed by atoms with E-state index in [0.29, 0.717) is 0 Å². The van der Waals surface area contributed by atoms with Gasteiger partial charge >= 0.3 is 127 Å². The van der Waals surface area contributed by atoms with E-state index in [4.69, 9.17) is 60.7 Å². The fourth-order valence-corrected chi connectivity index (χ4v) is 0. The molecule has 0 aromatic rings. The Labute approximate surface area is 216 Å². The van der Waals surface area contributed by atoms with Gasteiger partial charge in [-0.15, -0.1) is 32.0 Å². The second-order valence-corrected chi connectivity index (χ2v) is 0.447. The smallest absolute Gasteiger partial charge is 0.444 e. The molecule has 0 unspecified atom stereocenters. The van der Waals surface area contributed by atoms with E-state index in [1.807, 2.05) is 0 Å². The minimum absolute atomic E-state index is 0. The molecule has 0 spiro atoms. The quantitative estimate of drug-likeness (QED) is 0.200. The molecule has 0 aromatic carbocycles. The molecule has 0 N–H and O–H groups in total. The summed E-state index contributed by atoms with van der Waals surface area (Å²) in [5.41, 5.74) is 0. The van der Waals surface area contributed by atoms with Gasteiger partial charge in [-0.2, -0.15) is 0 Å². The Hall–Kier alpha value is 0.543. The molecule has 0 aliphatic rings. The van der Waals surface area contributed by atoms with Crippen molar-refractivity contribution in [1.82, 2.24) is 0 Å². The third-order valence-corrected chi connectivity index (χ3v) is 0. The van der Waals surface area contributed by atoms with Crippen LogP contribution in [0.5, 0.6) is 0 Å². The average Bonchev–Trinajstić information content (AvgIpc) is 2.23. The predicted molar refractivity (Wildman–Crippen MR) is 55.0 cm³/mol. The van der Waals surface area contributed by atoms with Crippen LogP contribution in [0, 0.1) is 60.7 Å². The van der Waals surface area contributed by atoms with Crippen LogP contribution in [0.4, 0.5) is 0 Å². The molecule has 22 heavy (non-hydrogen) atoms. The summed E-state index contributed by atoms with van der Waals surface area (Å²) < 4.78 is 0. The summed E-state index contributed by atoms with van der Waals surface area (Å²) in [5.74, 6) is 0. The summed E-state index contributed by atoms with van der Waals surface area (Å²) in [6.45, 7) is 0.